The number of carbonyl (C=O) groups is 1. The summed E-state index contributed by atoms with van der Waals surface area (Å²) in [6, 6.07) is 8.08. The number of rotatable bonds is 8. The Morgan fingerprint density at radius 3 is 2.56 bits per heavy atom. The monoisotopic (exact) mass is 514 g/mol. The van der Waals surface area contributed by atoms with Crippen molar-refractivity contribution in [3.63, 3.8) is 0 Å². The highest BCUT2D eigenvalue weighted by Crippen LogP contribution is 2.37. The zero-order chi connectivity index (χ0) is 26.0. The van der Waals surface area contributed by atoms with Crippen molar-refractivity contribution in [3.8, 4) is 22.8 Å². The van der Waals surface area contributed by atoms with Gasteiger partial charge in [0.2, 0.25) is 15.9 Å². The molecule has 2 N–H and O–H groups in total. The molecule has 4 aromatic rings. The van der Waals surface area contributed by atoms with E-state index in [0.29, 0.717) is 12.1 Å². The van der Waals surface area contributed by atoms with Gasteiger partial charge in [-0.3, -0.25) is 14.3 Å². The molecule has 10 nitrogen and oxygen atoms in total. The van der Waals surface area contributed by atoms with Crippen molar-refractivity contribution in [1.82, 2.24) is 14.9 Å². The molecule has 0 atom stereocenters. The molecule has 12 heteroatoms. The summed E-state index contributed by atoms with van der Waals surface area (Å²) >= 11 is 0. The van der Waals surface area contributed by atoms with E-state index >= 15 is 0 Å². The molecule has 3 heterocycles. The quantitative estimate of drug-likeness (QED) is 0.367. The highest BCUT2D eigenvalue weighted by molar-refractivity contribution is 7.92. The van der Waals surface area contributed by atoms with Gasteiger partial charge in [0.1, 0.15) is 17.1 Å². The molecular weight excluding hydrogens is 491 g/mol. The van der Waals surface area contributed by atoms with Crippen LogP contribution in [-0.2, 0) is 17.1 Å². The zero-order valence-corrected chi connectivity index (χ0v) is 20.5. The number of aromatic nitrogens is 2. The van der Waals surface area contributed by atoms with E-state index in [1.165, 1.54) is 67.3 Å². The van der Waals surface area contributed by atoms with Gasteiger partial charge in [0.05, 0.1) is 28.6 Å². The Morgan fingerprint density at radius 2 is 1.89 bits per heavy atom. The van der Waals surface area contributed by atoms with Crippen LogP contribution in [0.2, 0.25) is 0 Å². The Morgan fingerprint density at radius 1 is 1.17 bits per heavy atom. The van der Waals surface area contributed by atoms with E-state index < -0.39 is 27.3 Å². The number of sulfonamides is 1. The second-order valence-corrected chi connectivity index (χ2v) is 9.82. The molecule has 4 rings (SSSR count). The largest absolute Gasteiger partial charge is 0.450 e. The fourth-order valence-corrected chi connectivity index (χ4v) is 4.07. The molecule has 0 spiro atoms. The van der Waals surface area contributed by atoms with E-state index in [1.54, 1.807) is 6.92 Å². The summed E-state index contributed by atoms with van der Waals surface area (Å²) in [5, 5.41) is 2.76. The van der Waals surface area contributed by atoms with Crippen LogP contribution in [0.3, 0.4) is 0 Å². The number of fused-ring (bicyclic) bond motifs is 1. The maximum Gasteiger partial charge on any atom is 0.287 e. The number of amides is 1. The molecule has 36 heavy (non-hydrogen) atoms. The van der Waals surface area contributed by atoms with E-state index in [0.717, 1.165) is 0 Å². The normalized spacial score (nSPS) is 11.4. The molecule has 0 aliphatic carbocycles. The molecule has 0 unspecified atom stereocenters. The minimum absolute atomic E-state index is 0.0389. The van der Waals surface area contributed by atoms with Gasteiger partial charge in [-0.15, -0.1) is 0 Å². The van der Waals surface area contributed by atoms with Crippen molar-refractivity contribution in [2.75, 3.05) is 17.0 Å². The lowest BCUT2D eigenvalue weighted by Crippen LogP contribution is -2.22. The van der Waals surface area contributed by atoms with Crippen LogP contribution in [0.4, 0.5) is 10.1 Å². The van der Waals surface area contributed by atoms with Gasteiger partial charge in [-0.25, -0.2) is 17.8 Å². The number of carbonyl (C=O) groups excluding carboxylic acids is 1. The van der Waals surface area contributed by atoms with Gasteiger partial charge in [-0.1, -0.05) is 0 Å². The molecule has 3 aromatic heterocycles. The first kappa shape index (κ1) is 24.9. The summed E-state index contributed by atoms with van der Waals surface area (Å²) in [5.41, 5.74) is 0.444. The molecule has 0 aliphatic rings. The number of benzene rings is 1. The number of anilines is 1. The SMILES string of the molecule is CCNC(=O)c1cc2c(=O)n(C)cc(-c3cc(NS(=O)(=O)CC)cnc3Oc3ccc(F)cc3)c2o1. The van der Waals surface area contributed by atoms with Crippen LogP contribution in [0.25, 0.3) is 22.1 Å². The van der Waals surface area contributed by atoms with Gasteiger partial charge in [-0.05, 0) is 44.2 Å². The lowest BCUT2D eigenvalue weighted by atomic mass is 10.1. The highest BCUT2D eigenvalue weighted by Gasteiger charge is 2.22. The summed E-state index contributed by atoms with van der Waals surface area (Å²) < 4.78 is 53.1. The number of nitrogens with one attached hydrogen (secondary N) is 2. The zero-order valence-electron chi connectivity index (χ0n) is 19.7. The minimum Gasteiger partial charge on any atom is -0.450 e. The molecule has 0 radical (unpaired) electrons. The van der Waals surface area contributed by atoms with Crippen molar-refractivity contribution in [2.45, 2.75) is 13.8 Å². The molecular formula is C24H23FN4O6S. The molecule has 0 bridgehead atoms. The number of furan rings is 1. The third kappa shape index (κ3) is 5.08. The van der Waals surface area contributed by atoms with Crippen molar-refractivity contribution in [1.29, 1.82) is 0 Å². The van der Waals surface area contributed by atoms with Crippen LogP contribution in [0.1, 0.15) is 24.4 Å². The van der Waals surface area contributed by atoms with E-state index in [4.69, 9.17) is 9.15 Å². The van der Waals surface area contributed by atoms with Gasteiger partial charge >= 0.3 is 0 Å². The van der Waals surface area contributed by atoms with Crippen LogP contribution in [0, 0.1) is 5.82 Å². The summed E-state index contributed by atoms with van der Waals surface area (Å²) in [6.45, 7) is 3.60. The third-order valence-electron chi connectivity index (χ3n) is 5.23. The van der Waals surface area contributed by atoms with E-state index in [-0.39, 0.29) is 45.4 Å². The predicted molar refractivity (Wildman–Crippen MR) is 132 cm³/mol. The van der Waals surface area contributed by atoms with Crippen molar-refractivity contribution < 1.29 is 26.8 Å². The Kier molecular flexibility index (Phi) is 6.80. The van der Waals surface area contributed by atoms with Gasteiger partial charge in [0.15, 0.2) is 5.76 Å². The number of hydrogen-bond acceptors (Lipinski definition) is 7. The third-order valence-corrected chi connectivity index (χ3v) is 6.54. The second kappa shape index (κ2) is 9.82. The highest BCUT2D eigenvalue weighted by atomic mass is 32.2. The fourth-order valence-electron chi connectivity index (χ4n) is 3.45. The molecule has 188 valence electrons. The number of hydrogen-bond donors (Lipinski definition) is 2. The Balaban J connectivity index is 1.94. The fraction of sp³-hybridized carbons (Fsp3) is 0.208. The predicted octanol–water partition coefficient (Wildman–Crippen LogP) is 3.64. The average Bonchev–Trinajstić information content (AvgIpc) is 3.30. The van der Waals surface area contributed by atoms with Crippen LogP contribution < -0.4 is 20.3 Å². The van der Waals surface area contributed by atoms with Gasteiger partial charge in [0, 0.05) is 31.4 Å². The number of halogens is 1. The number of nitrogens with zero attached hydrogens (tertiary/aromatic N) is 2. The van der Waals surface area contributed by atoms with Crippen LogP contribution in [0.15, 0.2) is 58.0 Å². The van der Waals surface area contributed by atoms with E-state index in [1.807, 2.05) is 0 Å². The van der Waals surface area contributed by atoms with E-state index in [9.17, 15) is 22.4 Å². The maximum absolute atomic E-state index is 13.4. The molecule has 0 fully saturated rings. The summed E-state index contributed by atoms with van der Waals surface area (Å²) in [7, 11) is -2.09. The first-order valence-electron chi connectivity index (χ1n) is 11.0. The van der Waals surface area contributed by atoms with Gasteiger partial charge in [-0.2, -0.15) is 0 Å². The maximum atomic E-state index is 13.4. The topological polar surface area (TPSA) is 133 Å². The summed E-state index contributed by atoms with van der Waals surface area (Å²) in [5.74, 6) is -0.852. The number of pyridine rings is 2. The van der Waals surface area contributed by atoms with Crippen molar-refractivity contribution in [3.05, 3.63) is 70.7 Å². The minimum atomic E-state index is -3.62. The van der Waals surface area contributed by atoms with E-state index in [2.05, 4.69) is 15.0 Å². The van der Waals surface area contributed by atoms with Crippen LogP contribution in [0.5, 0.6) is 11.6 Å². The number of aryl methyl sites for hydroxylation is 1. The second-order valence-electron chi connectivity index (χ2n) is 7.81. The molecule has 0 saturated carbocycles. The molecule has 1 aromatic carbocycles. The lowest BCUT2D eigenvalue weighted by molar-refractivity contribution is 0.0930. The Hall–Kier alpha value is -4.19. The molecule has 0 saturated heterocycles. The lowest BCUT2D eigenvalue weighted by Gasteiger charge is -2.14. The first-order chi connectivity index (χ1) is 17.1. The van der Waals surface area contributed by atoms with Crippen molar-refractivity contribution >= 4 is 32.6 Å². The Bertz CT molecular complexity index is 1610. The molecule has 0 aliphatic heterocycles. The van der Waals surface area contributed by atoms with Crippen LogP contribution in [-0.4, -0.2) is 36.2 Å². The molecule has 1 amide bonds. The van der Waals surface area contributed by atoms with Gasteiger partial charge in [0.25, 0.3) is 11.5 Å². The van der Waals surface area contributed by atoms with Crippen LogP contribution >= 0.6 is 0 Å². The number of ether oxygens (including phenoxy) is 1. The standard InChI is InChI=1S/C24H23FN4O6S/c1-4-26-22(30)20-11-18-21(35-20)19(13-29(3)24(18)31)17-10-15(28-36(32,33)5-2)12-27-23(17)34-16-8-6-14(25)7-9-16/h6-13,28H,4-5H2,1-3H3,(H,26,30). The summed E-state index contributed by atoms with van der Waals surface area (Å²) in [6.07, 6.45) is 2.75. The average molecular weight is 515 g/mol. The Labute approximate surface area is 205 Å². The summed E-state index contributed by atoms with van der Waals surface area (Å²) in [4.78, 5) is 29.5. The van der Waals surface area contributed by atoms with Gasteiger partial charge < -0.3 is 19.0 Å². The smallest absolute Gasteiger partial charge is 0.287 e. The first-order valence-corrected chi connectivity index (χ1v) is 12.6. The van der Waals surface area contributed by atoms with Crippen molar-refractivity contribution in [2.24, 2.45) is 7.05 Å².